The number of carbonyl (C=O) groups excluding carboxylic acids is 2. The number of hydrogen-bond acceptors (Lipinski definition) is 7. The lowest BCUT2D eigenvalue weighted by Gasteiger charge is -2.12. The number of rotatable bonds is 8. The van der Waals surface area contributed by atoms with Crippen LogP contribution in [0, 0.1) is 0 Å². The average Bonchev–Trinajstić information content (AvgIpc) is 2.70. The van der Waals surface area contributed by atoms with Gasteiger partial charge in [0.15, 0.2) is 23.9 Å². The van der Waals surface area contributed by atoms with Gasteiger partial charge in [-0.3, -0.25) is 4.79 Å². The Labute approximate surface area is 151 Å². The van der Waals surface area contributed by atoms with E-state index in [0.29, 0.717) is 28.6 Å². The van der Waals surface area contributed by atoms with Crippen molar-refractivity contribution in [1.29, 1.82) is 0 Å². The Morgan fingerprint density at radius 2 is 1.35 bits per heavy atom. The van der Waals surface area contributed by atoms with Crippen LogP contribution in [-0.2, 0) is 4.74 Å². The summed E-state index contributed by atoms with van der Waals surface area (Å²) in [4.78, 5) is 24.7. The molecule has 0 bridgehead atoms. The number of esters is 1. The van der Waals surface area contributed by atoms with E-state index in [4.69, 9.17) is 23.7 Å². The van der Waals surface area contributed by atoms with E-state index >= 15 is 0 Å². The van der Waals surface area contributed by atoms with Crippen molar-refractivity contribution in [2.45, 2.75) is 0 Å². The molecule has 2 aromatic carbocycles. The highest BCUT2D eigenvalue weighted by Gasteiger charge is 2.21. The molecule has 0 spiro atoms. The molecule has 0 aromatic heterocycles. The maximum absolute atomic E-state index is 12.4. The standard InChI is InChI=1S/C19H20O7/c1-22-14-9-8-12(10-17(14)25-4)13(20)11-26-19(21)18-15(23-2)6-5-7-16(18)24-3/h5-10H,11H2,1-4H3. The van der Waals surface area contributed by atoms with Crippen LogP contribution in [-0.4, -0.2) is 46.8 Å². The average molecular weight is 360 g/mol. The molecule has 7 nitrogen and oxygen atoms in total. The third-order valence-corrected chi connectivity index (χ3v) is 3.67. The molecule has 7 heteroatoms. The van der Waals surface area contributed by atoms with E-state index in [1.54, 1.807) is 30.3 Å². The first-order valence-electron chi connectivity index (χ1n) is 7.69. The van der Waals surface area contributed by atoms with Gasteiger partial charge in [-0.05, 0) is 30.3 Å². The summed E-state index contributed by atoms with van der Waals surface area (Å²) in [7, 11) is 5.84. The van der Waals surface area contributed by atoms with Gasteiger partial charge in [-0.15, -0.1) is 0 Å². The van der Waals surface area contributed by atoms with Crippen LogP contribution in [0.1, 0.15) is 20.7 Å². The second-order valence-electron chi connectivity index (χ2n) is 5.11. The molecule has 0 saturated carbocycles. The molecular formula is C19H20O7. The summed E-state index contributed by atoms with van der Waals surface area (Å²) < 4.78 is 25.8. The van der Waals surface area contributed by atoms with Gasteiger partial charge < -0.3 is 23.7 Å². The molecule has 0 heterocycles. The fourth-order valence-electron chi connectivity index (χ4n) is 2.35. The zero-order chi connectivity index (χ0) is 19.1. The molecule has 0 fully saturated rings. The summed E-state index contributed by atoms with van der Waals surface area (Å²) >= 11 is 0. The number of methoxy groups -OCH3 is 4. The monoisotopic (exact) mass is 360 g/mol. The van der Waals surface area contributed by atoms with Crippen LogP contribution < -0.4 is 18.9 Å². The van der Waals surface area contributed by atoms with Gasteiger partial charge in [-0.2, -0.15) is 0 Å². The molecule has 0 atom stereocenters. The Balaban J connectivity index is 2.14. The summed E-state index contributed by atoms with van der Waals surface area (Å²) in [5.41, 5.74) is 0.458. The van der Waals surface area contributed by atoms with E-state index in [1.165, 1.54) is 34.5 Å². The molecule has 0 aliphatic carbocycles. The van der Waals surface area contributed by atoms with Gasteiger partial charge in [0.05, 0.1) is 28.4 Å². The van der Waals surface area contributed by atoms with Gasteiger partial charge >= 0.3 is 5.97 Å². The van der Waals surface area contributed by atoms with Crippen molar-refractivity contribution < 1.29 is 33.3 Å². The third-order valence-electron chi connectivity index (χ3n) is 3.67. The van der Waals surface area contributed by atoms with E-state index in [1.807, 2.05) is 0 Å². The van der Waals surface area contributed by atoms with Crippen LogP contribution in [0.25, 0.3) is 0 Å². The van der Waals surface area contributed by atoms with Crippen LogP contribution in [0.3, 0.4) is 0 Å². The number of hydrogen-bond donors (Lipinski definition) is 0. The molecule has 0 amide bonds. The van der Waals surface area contributed by atoms with Crippen LogP contribution in [0.5, 0.6) is 23.0 Å². The number of ketones is 1. The third kappa shape index (κ3) is 4.05. The minimum atomic E-state index is -0.715. The van der Waals surface area contributed by atoms with Crippen molar-refractivity contribution in [3.63, 3.8) is 0 Å². The van der Waals surface area contributed by atoms with E-state index in [-0.39, 0.29) is 11.3 Å². The molecular weight excluding hydrogens is 340 g/mol. The molecule has 0 aliphatic heterocycles. The highest BCUT2D eigenvalue weighted by molar-refractivity contribution is 6.01. The van der Waals surface area contributed by atoms with Crippen molar-refractivity contribution in [2.75, 3.05) is 35.0 Å². The Hall–Kier alpha value is -3.22. The zero-order valence-corrected chi connectivity index (χ0v) is 15.0. The fourth-order valence-corrected chi connectivity index (χ4v) is 2.35. The van der Waals surface area contributed by atoms with Gasteiger partial charge in [0.25, 0.3) is 0 Å². The number of benzene rings is 2. The van der Waals surface area contributed by atoms with Gasteiger partial charge in [-0.1, -0.05) is 6.07 Å². The van der Waals surface area contributed by atoms with Crippen molar-refractivity contribution >= 4 is 11.8 Å². The molecule has 26 heavy (non-hydrogen) atoms. The number of Topliss-reactive ketones (excluding diaryl/α,β-unsaturated/α-hetero) is 1. The Morgan fingerprint density at radius 1 is 0.769 bits per heavy atom. The Kier molecular flexibility index (Phi) is 6.43. The van der Waals surface area contributed by atoms with E-state index in [2.05, 4.69) is 0 Å². The maximum atomic E-state index is 12.4. The van der Waals surface area contributed by atoms with Crippen LogP contribution in [0.4, 0.5) is 0 Å². The molecule has 0 aliphatic rings. The van der Waals surface area contributed by atoms with Crippen molar-refractivity contribution in [1.82, 2.24) is 0 Å². The van der Waals surface area contributed by atoms with Crippen LogP contribution in [0.15, 0.2) is 36.4 Å². The van der Waals surface area contributed by atoms with E-state index < -0.39 is 12.6 Å². The largest absolute Gasteiger partial charge is 0.496 e. The van der Waals surface area contributed by atoms with E-state index in [0.717, 1.165) is 0 Å². The Morgan fingerprint density at radius 3 is 1.88 bits per heavy atom. The van der Waals surface area contributed by atoms with Gasteiger partial charge in [0.1, 0.15) is 17.1 Å². The molecule has 138 valence electrons. The minimum Gasteiger partial charge on any atom is -0.496 e. The quantitative estimate of drug-likeness (QED) is 0.529. The minimum absolute atomic E-state index is 0.123. The second-order valence-corrected chi connectivity index (χ2v) is 5.11. The SMILES string of the molecule is COc1ccc(C(=O)COC(=O)c2c(OC)cccc2OC)cc1OC. The first kappa shape index (κ1) is 19.1. The smallest absolute Gasteiger partial charge is 0.346 e. The molecule has 0 radical (unpaired) electrons. The normalized spacial score (nSPS) is 10.0. The predicted octanol–water partition coefficient (Wildman–Crippen LogP) is 2.76. The molecule has 0 N–H and O–H groups in total. The molecule has 0 saturated heterocycles. The van der Waals surface area contributed by atoms with Gasteiger partial charge in [-0.25, -0.2) is 4.79 Å². The molecule has 0 unspecified atom stereocenters. The first-order chi connectivity index (χ1) is 12.5. The van der Waals surface area contributed by atoms with Crippen molar-refractivity contribution in [3.05, 3.63) is 47.5 Å². The van der Waals surface area contributed by atoms with E-state index in [9.17, 15) is 9.59 Å². The summed E-state index contributed by atoms with van der Waals surface area (Å²) in [6, 6.07) is 9.60. The summed E-state index contributed by atoms with van der Waals surface area (Å²) in [6.45, 7) is -0.435. The maximum Gasteiger partial charge on any atom is 0.346 e. The number of carbonyl (C=O) groups is 2. The lowest BCUT2D eigenvalue weighted by molar-refractivity contribution is 0.0468. The lowest BCUT2D eigenvalue weighted by atomic mass is 10.1. The van der Waals surface area contributed by atoms with Crippen LogP contribution in [0.2, 0.25) is 0 Å². The summed E-state index contributed by atoms with van der Waals surface area (Å²) in [6.07, 6.45) is 0. The molecule has 2 rings (SSSR count). The lowest BCUT2D eigenvalue weighted by Crippen LogP contribution is -2.16. The number of ether oxygens (including phenoxy) is 5. The summed E-state index contributed by atoms with van der Waals surface area (Å²) in [5.74, 6) is 0.415. The predicted molar refractivity (Wildman–Crippen MR) is 93.7 cm³/mol. The highest BCUT2D eigenvalue weighted by atomic mass is 16.5. The summed E-state index contributed by atoms with van der Waals surface area (Å²) in [5, 5.41) is 0. The second kappa shape index (κ2) is 8.75. The Bertz CT molecular complexity index is 776. The molecule has 2 aromatic rings. The van der Waals surface area contributed by atoms with Gasteiger partial charge in [0, 0.05) is 5.56 Å². The topological polar surface area (TPSA) is 80.3 Å². The van der Waals surface area contributed by atoms with Gasteiger partial charge in [0.2, 0.25) is 0 Å². The highest BCUT2D eigenvalue weighted by Crippen LogP contribution is 2.30. The van der Waals surface area contributed by atoms with Crippen molar-refractivity contribution in [2.24, 2.45) is 0 Å². The van der Waals surface area contributed by atoms with Crippen LogP contribution >= 0.6 is 0 Å². The zero-order valence-electron chi connectivity index (χ0n) is 15.0. The first-order valence-corrected chi connectivity index (χ1v) is 7.69. The fraction of sp³-hybridized carbons (Fsp3) is 0.263. The van der Waals surface area contributed by atoms with Crippen molar-refractivity contribution in [3.8, 4) is 23.0 Å².